The van der Waals surface area contributed by atoms with Crippen molar-refractivity contribution in [1.29, 1.82) is 0 Å². The lowest BCUT2D eigenvalue weighted by atomic mass is 10.2. The summed E-state index contributed by atoms with van der Waals surface area (Å²) in [6, 6.07) is 2.30. The summed E-state index contributed by atoms with van der Waals surface area (Å²) in [4.78, 5) is 6.64. The fourth-order valence-corrected chi connectivity index (χ4v) is 2.24. The number of nitrogens with zero attached hydrogens (tertiary/aromatic N) is 2. The third-order valence-corrected chi connectivity index (χ3v) is 3.92. The van der Waals surface area contributed by atoms with E-state index in [9.17, 15) is 0 Å². The second kappa shape index (κ2) is 5.34. The van der Waals surface area contributed by atoms with Gasteiger partial charge in [0.15, 0.2) is 0 Å². The SMILES string of the molecule is Cc1cc(N2CCOCC2CCl)ncc1Br. The van der Waals surface area contributed by atoms with Crippen LogP contribution in [0.1, 0.15) is 5.56 Å². The second-order valence-electron chi connectivity index (χ2n) is 3.87. The zero-order chi connectivity index (χ0) is 11.5. The number of aryl methyl sites for hydroxylation is 1. The quantitative estimate of drug-likeness (QED) is 0.785. The normalized spacial score (nSPS) is 21.2. The van der Waals surface area contributed by atoms with Gasteiger partial charge in [0, 0.05) is 23.1 Å². The molecule has 0 spiro atoms. The first-order valence-electron chi connectivity index (χ1n) is 5.25. The van der Waals surface area contributed by atoms with Crippen molar-refractivity contribution in [2.75, 3.05) is 30.5 Å². The van der Waals surface area contributed by atoms with Crippen molar-refractivity contribution in [1.82, 2.24) is 4.98 Å². The van der Waals surface area contributed by atoms with Gasteiger partial charge in [0.2, 0.25) is 0 Å². The topological polar surface area (TPSA) is 25.4 Å². The molecule has 0 aliphatic carbocycles. The van der Waals surface area contributed by atoms with Gasteiger partial charge in [0.05, 0.1) is 19.3 Å². The van der Waals surface area contributed by atoms with E-state index < -0.39 is 0 Å². The molecule has 1 aromatic rings. The van der Waals surface area contributed by atoms with Gasteiger partial charge in [-0.2, -0.15) is 0 Å². The Morgan fingerprint density at radius 2 is 2.50 bits per heavy atom. The van der Waals surface area contributed by atoms with Crippen molar-refractivity contribution in [3.63, 3.8) is 0 Å². The third-order valence-electron chi connectivity index (χ3n) is 2.73. The number of rotatable bonds is 2. The monoisotopic (exact) mass is 304 g/mol. The van der Waals surface area contributed by atoms with Gasteiger partial charge in [-0.1, -0.05) is 0 Å². The van der Waals surface area contributed by atoms with Crippen molar-refractivity contribution in [2.24, 2.45) is 0 Å². The number of halogens is 2. The van der Waals surface area contributed by atoms with Crippen LogP contribution >= 0.6 is 27.5 Å². The fraction of sp³-hybridized carbons (Fsp3) is 0.545. The van der Waals surface area contributed by atoms with Crippen LogP contribution in [0.25, 0.3) is 0 Å². The average Bonchev–Trinajstić information content (AvgIpc) is 2.32. The Kier molecular flexibility index (Phi) is 4.05. The second-order valence-corrected chi connectivity index (χ2v) is 5.03. The molecule has 0 N–H and O–H groups in total. The number of aromatic nitrogens is 1. The van der Waals surface area contributed by atoms with Gasteiger partial charge in [0.25, 0.3) is 0 Å². The summed E-state index contributed by atoms with van der Waals surface area (Å²) in [6.45, 7) is 4.33. The molecule has 2 rings (SSSR count). The fourth-order valence-electron chi connectivity index (χ4n) is 1.77. The van der Waals surface area contributed by atoms with E-state index in [0.29, 0.717) is 12.5 Å². The van der Waals surface area contributed by atoms with Crippen molar-refractivity contribution < 1.29 is 4.74 Å². The maximum atomic E-state index is 5.94. The molecule has 0 amide bonds. The summed E-state index contributed by atoms with van der Waals surface area (Å²) in [6.07, 6.45) is 1.84. The summed E-state index contributed by atoms with van der Waals surface area (Å²) in [5.41, 5.74) is 1.19. The summed E-state index contributed by atoms with van der Waals surface area (Å²) in [5.74, 6) is 1.55. The highest BCUT2D eigenvalue weighted by Crippen LogP contribution is 2.23. The third kappa shape index (κ3) is 2.50. The highest BCUT2D eigenvalue weighted by Gasteiger charge is 2.23. The number of hydrogen-bond donors (Lipinski definition) is 0. The Bertz CT molecular complexity index is 375. The van der Waals surface area contributed by atoms with Crippen LogP contribution in [0.5, 0.6) is 0 Å². The smallest absolute Gasteiger partial charge is 0.129 e. The molecule has 0 radical (unpaired) electrons. The first-order chi connectivity index (χ1) is 7.72. The molecular formula is C11H14BrClN2O. The van der Waals surface area contributed by atoms with Gasteiger partial charge in [-0.15, -0.1) is 11.6 Å². The molecule has 1 aliphatic rings. The van der Waals surface area contributed by atoms with Gasteiger partial charge in [-0.3, -0.25) is 0 Å². The van der Waals surface area contributed by atoms with E-state index in [1.807, 2.05) is 6.20 Å². The molecule has 16 heavy (non-hydrogen) atoms. The minimum absolute atomic E-state index is 0.225. The predicted molar refractivity (Wildman–Crippen MR) is 69.3 cm³/mol. The van der Waals surface area contributed by atoms with E-state index in [1.165, 1.54) is 5.56 Å². The molecule has 2 heterocycles. The van der Waals surface area contributed by atoms with Crippen molar-refractivity contribution in [3.05, 3.63) is 22.3 Å². The highest BCUT2D eigenvalue weighted by molar-refractivity contribution is 9.10. The van der Waals surface area contributed by atoms with Crippen LogP contribution < -0.4 is 4.90 Å². The van der Waals surface area contributed by atoms with Crippen LogP contribution in [-0.4, -0.2) is 36.7 Å². The molecular weight excluding hydrogens is 291 g/mol. The van der Waals surface area contributed by atoms with Crippen molar-refractivity contribution in [3.8, 4) is 0 Å². The molecule has 0 bridgehead atoms. The zero-order valence-corrected chi connectivity index (χ0v) is 11.5. The van der Waals surface area contributed by atoms with Gasteiger partial charge >= 0.3 is 0 Å². The van der Waals surface area contributed by atoms with E-state index in [4.69, 9.17) is 16.3 Å². The Hall–Kier alpha value is -0.320. The number of hydrogen-bond acceptors (Lipinski definition) is 3. The summed E-state index contributed by atoms with van der Waals surface area (Å²) in [7, 11) is 0. The molecule has 3 nitrogen and oxygen atoms in total. The zero-order valence-electron chi connectivity index (χ0n) is 9.12. The van der Waals surface area contributed by atoms with Crippen molar-refractivity contribution in [2.45, 2.75) is 13.0 Å². The molecule has 1 aromatic heterocycles. The molecule has 5 heteroatoms. The Balaban J connectivity index is 2.23. The number of alkyl halides is 1. The van der Waals surface area contributed by atoms with Gasteiger partial charge in [-0.25, -0.2) is 4.98 Å². The van der Waals surface area contributed by atoms with Crippen LogP contribution in [0, 0.1) is 6.92 Å². The van der Waals surface area contributed by atoms with E-state index in [1.54, 1.807) is 0 Å². The Labute approximate surface area is 109 Å². The minimum Gasteiger partial charge on any atom is -0.377 e. The van der Waals surface area contributed by atoms with Gasteiger partial charge in [-0.05, 0) is 34.5 Å². The molecule has 1 fully saturated rings. The Morgan fingerprint density at radius 3 is 3.19 bits per heavy atom. The maximum Gasteiger partial charge on any atom is 0.129 e. The number of morpholine rings is 1. The number of pyridine rings is 1. The predicted octanol–water partition coefficient (Wildman–Crippen LogP) is 2.60. The maximum absolute atomic E-state index is 5.94. The van der Waals surface area contributed by atoms with E-state index in [0.717, 1.165) is 23.4 Å². The lowest BCUT2D eigenvalue weighted by molar-refractivity contribution is 0.0994. The first-order valence-corrected chi connectivity index (χ1v) is 6.57. The van der Waals surface area contributed by atoms with Crippen molar-refractivity contribution >= 4 is 33.3 Å². The Morgan fingerprint density at radius 1 is 1.69 bits per heavy atom. The summed E-state index contributed by atoms with van der Waals surface area (Å²) >= 11 is 9.39. The average molecular weight is 306 g/mol. The van der Waals surface area contributed by atoms with E-state index in [-0.39, 0.29) is 6.04 Å². The first kappa shape index (κ1) is 12.1. The van der Waals surface area contributed by atoms with Crippen LogP contribution in [0.3, 0.4) is 0 Å². The molecule has 0 aromatic carbocycles. The molecule has 0 saturated carbocycles. The van der Waals surface area contributed by atoms with Crippen LogP contribution in [0.4, 0.5) is 5.82 Å². The standard InChI is InChI=1S/C11H14BrClN2O/c1-8-4-11(14-6-10(8)12)15-2-3-16-7-9(15)5-13/h4,6,9H,2-3,5,7H2,1H3. The van der Waals surface area contributed by atoms with Gasteiger partial charge < -0.3 is 9.64 Å². The lowest BCUT2D eigenvalue weighted by Crippen LogP contribution is -2.47. The molecule has 88 valence electrons. The molecule has 1 aliphatic heterocycles. The van der Waals surface area contributed by atoms with E-state index in [2.05, 4.69) is 38.8 Å². The highest BCUT2D eigenvalue weighted by atomic mass is 79.9. The molecule has 1 saturated heterocycles. The van der Waals surface area contributed by atoms with Crippen LogP contribution in [0.15, 0.2) is 16.7 Å². The lowest BCUT2D eigenvalue weighted by Gasteiger charge is -2.35. The van der Waals surface area contributed by atoms with Crippen LogP contribution in [0.2, 0.25) is 0 Å². The summed E-state index contributed by atoms with van der Waals surface area (Å²) in [5, 5.41) is 0. The van der Waals surface area contributed by atoms with E-state index >= 15 is 0 Å². The number of anilines is 1. The molecule has 1 atom stereocenters. The van der Waals surface area contributed by atoms with Crippen LogP contribution in [-0.2, 0) is 4.74 Å². The number of ether oxygens (including phenoxy) is 1. The van der Waals surface area contributed by atoms with Gasteiger partial charge in [0.1, 0.15) is 5.82 Å². The summed E-state index contributed by atoms with van der Waals surface area (Å²) < 4.78 is 6.45. The molecule has 1 unspecified atom stereocenters. The largest absolute Gasteiger partial charge is 0.377 e. The minimum atomic E-state index is 0.225.